The minimum atomic E-state index is -2.87. The Morgan fingerprint density at radius 2 is 2.07 bits per heavy atom. The molecule has 0 aliphatic carbocycles. The van der Waals surface area contributed by atoms with Crippen molar-refractivity contribution >= 4 is 11.6 Å². The molecule has 1 aromatic rings. The van der Waals surface area contributed by atoms with Crippen molar-refractivity contribution < 1.29 is 13.5 Å². The van der Waals surface area contributed by atoms with Crippen LogP contribution in [0.5, 0.6) is 5.75 Å². The molecule has 0 aliphatic rings. The molecule has 1 atom stereocenters. The molecular formula is C9H10ClF2NO. The first-order valence-electron chi connectivity index (χ1n) is 4.00. The highest BCUT2D eigenvalue weighted by atomic mass is 35.5. The molecule has 14 heavy (non-hydrogen) atoms. The fourth-order valence-electron chi connectivity index (χ4n) is 0.992. The number of hydrogen-bond acceptors (Lipinski definition) is 2. The molecule has 0 heterocycles. The molecule has 0 amide bonds. The first-order valence-corrected chi connectivity index (χ1v) is 4.38. The van der Waals surface area contributed by atoms with Gasteiger partial charge in [0.05, 0.1) is 5.02 Å². The Morgan fingerprint density at radius 1 is 1.43 bits per heavy atom. The van der Waals surface area contributed by atoms with Crippen LogP contribution in [0, 0.1) is 0 Å². The van der Waals surface area contributed by atoms with Gasteiger partial charge in [0.1, 0.15) is 5.75 Å². The van der Waals surface area contributed by atoms with Gasteiger partial charge < -0.3 is 10.5 Å². The van der Waals surface area contributed by atoms with Crippen molar-refractivity contribution in [2.75, 3.05) is 0 Å². The Bertz CT molecular complexity index is 318. The molecule has 0 aliphatic heterocycles. The molecule has 1 aromatic carbocycles. The third-order valence-electron chi connectivity index (χ3n) is 1.70. The van der Waals surface area contributed by atoms with E-state index in [2.05, 4.69) is 4.74 Å². The van der Waals surface area contributed by atoms with Crippen LogP contribution in [0.2, 0.25) is 5.02 Å². The first-order chi connectivity index (χ1) is 6.50. The van der Waals surface area contributed by atoms with Gasteiger partial charge in [-0.25, -0.2) is 0 Å². The van der Waals surface area contributed by atoms with Crippen LogP contribution in [0.15, 0.2) is 18.2 Å². The van der Waals surface area contributed by atoms with Crippen LogP contribution < -0.4 is 10.5 Å². The second-order valence-electron chi connectivity index (χ2n) is 2.86. The Kier molecular flexibility index (Phi) is 3.66. The smallest absolute Gasteiger partial charge is 0.387 e. The summed E-state index contributed by atoms with van der Waals surface area (Å²) in [5, 5.41) is 0.139. The number of alkyl halides is 2. The first kappa shape index (κ1) is 11.2. The molecule has 0 spiro atoms. The van der Waals surface area contributed by atoms with E-state index in [1.165, 1.54) is 12.1 Å². The largest absolute Gasteiger partial charge is 0.433 e. The summed E-state index contributed by atoms with van der Waals surface area (Å²) in [4.78, 5) is 0. The summed E-state index contributed by atoms with van der Waals surface area (Å²) in [7, 11) is 0. The molecule has 78 valence electrons. The molecule has 2 N–H and O–H groups in total. The minimum Gasteiger partial charge on any atom is -0.433 e. The molecule has 0 fully saturated rings. The average Bonchev–Trinajstić information content (AvgIpc) is 2.07. The predicted octanol–water partition coefficient (Wildman–Crippen LogP) is 2.96. The van der Waals surface area contributed by atoms with Gasteiger partial charge in [-0.2, -0.15) is 8.78 Å². The van der Waals surface area contributed by atoms with E-state index in [1.807, 2.05) is 0 Å². The molecule has 0 saturated carbocycles. The number of ether oxygens (including phenoxy) is 1. The highest BCUT2D eigenvalue weighted by Gasteiger charge is 2.09. The lowest BCUT2D eigenvalue weighted by Gasteiger charge is -2.10. The van der Waals surface area contributed by atoms with Crippen LogP contribution in [0.3, 0.4) is 0 Å². The third-order valence-corrected chi connectivity index (χ3v) is 1.99. The monoisotopic (exact) mass is 221 g/mol. The van der Waals surface area contributed by atoms with Gasteiger partial charge in [0.25, 0.3) is 0 Å². The average molecular weight is 222 g/mol. The zero-order valence-electron chi connectivity index (χ0n) is 7.51. The fourth-order valence-corrected chi connectivity index (χ4v) is 1.23. The van der Waals surface area contributed by atoms with E-state index in [0.717, 1.165) is 5.56 Å². The lowest BCUT2D eigenvalue weighted by Crippen LogP contribution is -2.06. The van der Waals surface area contributed by atoms with Crippen LogP contribution >= 0.6 is 11.6 Å². The van der Waals surface area contributed by atoms with Crippen molar-refractivity contribution in [1.29, 1.82) is 0 Å². The Labute approximate surface area is 85.6 Å². The van der Waals surface area contributed by atoms with Gasteiger partial charge >= 0.3 is 6.61 Å². The maximum absolute atomic E-state index is 11.9. The van der Waals surface area contributed by atoms with Crippen LogP contribution in [0.25, 0.3) is 0 Å². The lowest BCUT2D eigenvalue weighted by molar-refractivity contribution is -0.0497. The molecule has 0 radical (unpaired) electrons. The van der Waals surface area contributed by atoms with E-state index in [1.54, 1.807) is 13.0 Å². The SMILES string of the molecule is CC(N)c1ccc(OC(F)F)c(Cl)c1. The number of halogens is 3. The molecule has 1 rings (SSSR count). The van der Waals surface area contributed by atoms with Gasteiger partial charge in [-0.3, -0.25) is 0 Å². The van der Waals surface area contributed by atoms with E-state index in [0.29, 0.717) is 0 Å². The number of benzene rings is 1. The van der Waals surface area contributed by atoms with Crippen LogP contribution in [0.1, 0.15) is 18.5 Å². The summed E-state index contributed by atoms with van der Waals surface area (Å²) < 4.78 is 27.9. The summed E-state index contributed by atoms with van der Waals surface area (Å²) in [5.41, 5.74) is 6.36. The highest BCUT2D eigenvalue weighted by molar-refractivity contribution is 6.32. The number of rotatable bonds is 3. The van der Waals surface area contributed by atoms with E-state index in [-0.39, 0.29) is 16.8 Å². The molecular weight excluding hydrogens is 212 g/mol. The quantitative estimate of drug-likeness (QED) is 0.852. The molecule has 0 bridgehead atoms. The lowest BCUT2D eigenvalue weighted by atomic mass is 10.1. The van der Waals surface area contributed by atoms with Gasteiger partial charge in [-0.1, -0.05) is 17.7 Å². The van der Waals surface area contributed by atoms with Gasteiger partial charge in [0, 0.05) is 6.04 Å². The fraction of sp³-hybridized carbons (Fsp3) is 0.333. The Hall–Kier alpha value is -0.870. The molecule has 0 saturated heterocycles. The Balaban J connectivity index is 2.90. The van der Waals surface area contributed by atoms with E-state index < -0.39 is 6.61 Å². The normalized spacial score (nSPS) is 13.0. The summed E-state index contributed by atoms with van der Waals surface area (Å²) >= 11 is 5.70. The maximum Gasteiger partial charge on any atom is 0.387 e. The van der Waals surface area contributed by atoms with Crippen molar-refractivity contribution in [3.63, 3.8) is 0 Å². The standard InChI is InChI=1S/C9H10ClF2NO/c1-5(13)6-2-3-8(7(10)4-6)14-9(11)12/h2-5,9H,13H2,1H3. The van der Waals surface area contributed by atoms with Crippen LogP contribution in [-0.2, 0) is 0 Å². The van der Waals surface area contributed by atoms with Crippen molar-refractivity contribution in [2.24, 2.45) is 5.73 Å². The van der Waals surface area contributed by atoms with Gasteiger partial charge in [0.2, 0.25) is 0 Å². The third kappa shape index (κ3) is 2.82. The molecule has 1 unspecified atom stereocenters. The zero-order chi connectivity index (χ0) is 10.7. The van der Waals surface area contributed by atoms with Gasteiger partial charge in [-0.05, 0) is 24.6 Å². The predicted molar refractivity (Wildman–Crippen MR) is 50.7 cm³/mol. The van der Waals surface area contributed by atoms with Crippen molar-refractivity contribution in [3.05, 3.63) is 28.8 Å². The van der Waals surface area contributed by atoms with Crippen molar-refractivity contribution in [1.82, 2.24) is 0 Å². The van der Waals surface area contributed by atoms with Crippen LogP contribution in [-0.4, -0.2) is 6.61 Å². The van der Waals surface area contributed by atoms with Crippen LogP contribution in [0.4, 0.5) is 8.78 Å². The maximum atomic E-state index is 11.9. The summed E-state index contributed by atoms with van der Waals surface area (Å²) in [5.74, 6) is -0.0360. The Morgan fingerprint density at radius 3 is 2.50 bits per heavy atom. The summed E-state index contributed by atoms with van der Waals surface area (Å²) in [6.45, 7) is -1.09. The second kappa shape index (κ2) is 4.57. The van der Waals surface area contributed by atoms with E-state index >= 15 is 0 Å². The number of hydrogen-bond donors (Lipinski definition) is 1. The summed E-state index contributed by atoms with van der Waals surface area (Å²) in [6.07, 6.45) is 0. The summed E-state index contributed by atoms with van der Waals surface area (Å²) in [6, 6.07) is 4.32. The molecule has 0 aromatic heterocycles. The van der Waals surface area contributed by atoms with Crippen molar-refractivity contribution in [2.45, 2.75) is 19.6 Å². The highest BCUT2D eigenvalue weighted by Crippen LogP contribution is 2.28. The van der Waals surface area contributed by atoms with E-state index in [4.69, 9.17) is 17.3 Å². The number of nitrogens with two attached hydrogens (primary N) is 1. The topological polar surface area (TPSA) is 35.2 Å². The second-order valence-corrected chi connectivity index (χ2v) is 3.26. The molecule has 2 nitrogen and oxygen atoms in total. The molecule has 5 heteroatoms. The van der Waals surface area contributed by atoms with Crippen molar-refractivity contribution in [3.8, 4) is 5.75 Å². The zero-order valence-corrected chi connectivity index (χ0v) is 8.26. The van der Waals surface area contributed by atoms with Gasteiger partial charge in [0.15, 0.2) is 0 Å². The van der Waals surface area contributed by atoms with Gasteiger partial charge in [-0.15, -0.1) is 0 Å². The minimum absolute atomic E-state index is 0.0360. The van der Waals surface area contributed by atoms with E-state index in [9.17, 15) is 8.78 Å².